The summed E-state index contributed by atoms with van der Waals surface area (Å²) in [6.45, 7) is 8.79. The molecular weight excluding hydrogens is 267 g/mol. The topological polar surface area (TPSA) is 51.7 Å². The fourth-order valence-electron chi connectivity index (χ4n) is 2.58. The summed E-state index contributed by atoms with van der Waals surface area (Å²) in [4.78, 5) is 18.1. The molecule has 0 radical (unpaired) electrons. The number of nitrogens with zero attached hydrogens (tertiary/aromatic N) is 2. The van der Waals surface area contributed by atoms with E-state index in [1.54, 1.807) is 4.90 Å². The van der Waals surface area contributed by atoms with Crippen LogP contribution in [0.1, 0.15) is 40.5 Å². The van der Waals surface area contributed by atoms with Gasteiger partial charge in [-0.2, -0.15) is 0 Å². The largest absolute Gasteiger partial charge is 0.514 e. The predicted molar refractivity (Wildman–Crippen MR) is 81.5 cm³/mol. The van der Waals surface area contributed by atoms with Gasteiger partial charge in [0.2, 0.25) is 5.91 Å². The van der Waals surface area contributed by atoms with Gasteiger partial charge in [-0.3, -0.25) is 9.69 Å². The summed E-state index contributed by atoms with van der Waals surface area (Å²) >= 11 is 0. The highest BCUT2D eigenvalue weighted by molar-refractivity contribution is 6.61. The Labute approximate surface area is 125 Å². The molecule has 3 heterocycles. The van der Waals surface area contributed by atoms with E-state index in [0.717, 1.165) is 13.0 Å². The second kappa shape index (κ2) is 4.82. The molecule has 1 aromatic heterocycles. The van der Waals surface area contributed by atoms with Crippen molar-refractivity contribution in [2.75, 3.05) is 11.4 Å². The summed E-state index contributed by atoms with van der Waals surface area (Å²) in [5.41, 5.74) is -0.0664. The van der Waals surface area contributed by atoms with Crippen LogP contribution in [0.3, 0.4) is 0 Å². The van der Waals surface area contributed by atoms with Crippen LogP contribution in [0.2, 0.25) is 0 Å². The van der Waals surface area contributed by atoms with E-state index in [4.69, 9.17) is 9.31 Å². The van der Waals surface area contributed by atoms with Gasteiger partial charge in [0, 0.05) is 13.0 Å². The van der Waals surface area contributed by atoms with Crippen molar-refractivity contribution in [1.82, 2.24) is 4.98 Å². The summed E-state index contributed by atoms with van der Waals surface area (Å²) in [6.07, 6.45) is 1.49. The number of rotatable bonds is 2. The molecule has 2 aliphatic rings. The molecule has 0 aromatic carbocycles. The Hall–Kier alpha value is -1.40. The van der Waals surface area contributed by atoms with E-state index in [1.807, 2.05) is 45.9 Å². The highest BCUT2D eigenvalue weighted by Crippen LogP contribution is 2.36. The normalized spacial score (nSPS) is 23.9. The number of amides is 1. The smallest absolute Gasteiger partial charge is 0.398 e. The van der Waals surface area contributed by atoms with E-state index in [1.165, 1.54) is 0 Å². The van der Waals surface area contributed by atoms with Gasteiger partial charge in [-0.25, -0.2) is 4.98 Å². The first-order chi connectivity index (χ1) is 9.80. The molecule has 0 unspecified atom stereocenters. The summed E-state index contributed by atoms with van der Waals surface area (Å²) < 4.78 is 12.0. The Morgan fingerprint density at radius 3 is 2.43 bits per heavy atom. The van der Waals surface area contributed by atoms with E-state index >= 15 is 0 Å². The Balaban J connectivity index is 1.86. The van der Waals surface area contributed by atoms with E-state index in [2.05, 4.69) is 4.98 Å². The van der Waals surface area contributed by atoms with E-state index in [0.29, 0.717) is 17.8 Å². The maximum Gasteiger partial charge on any atom is 0.514 e. The lowest BCUT2D eigenvalue weighted by Gasteiger charge is -2.32. The van der Waals surface area contributed by atoms with E-state index < -0.39 is 18.3 Å². The number of aromatic nitrogens is 1. The standard InChI is InChI=1S/C15H21BN2O3/c1-14(2)15(3,4)21-16(20-14)11-7-5-8-12(17-11)18-10-6-9-13(18)19/h5,7-8H,6,9-10H2,1-4H3. The van der Waals surface area contributed by atoms with Crippen LogP contribution in [0.15, 0.2) is 18.2 Å². The fourth-order valence-corrected chi connectivity index (χ4v) is 2.58. The van der Waals surface area contributed by atoms with Gasteiger partial charge < -0.3 is 9.31 Å². The molecule has 0 N–H and O–H groups in total. The molecule has 3 rings (SSSR count). The van der Waals surface area contributed by atoms with Crippen molar-refractivity contribution in [3.8, 4) is 0 Å². The van der Waals surface area contributed by atoms with Crippen molar-refractivity contribution in [2.45, 2.75) is 51.7 Å². The number of anilines is 1. The van der Waals surface area contributed by atoms with Crippen molar-refractivity contribution in [3.05, 3.63) is 18.2 Å². The minimum atomic E-state index is -0.493. The Kier molecular flexibility index (Phi) is 3.33. The first kappa shape index (κ1) is 14.5. The van der Waals surface area contributed by atoms with Crippen LogP contribution < -0.4 is 10.5 Å². The molecule has 0 aliphatic carbocycles. The lowest BCUT2D eigenvalue weighted by Crippen LogP contribution is -2.41. The average Bonchev–Trinajstić information content (AvgIpc) is 2.92. The van der Waals surface area contributed by atoms with Crippen LogP contribution in [-0.2, 0) is 14.1 Å². The lowest BCUT2D eigenvalue weighted by atomic mass is 9.84. The molecule has 0 saturated carbocycles. The summed E-state index contributed by atoms with van der Waals surface area (Å²) in [5.74, 6) is 0.818. The fraction of sp³-hybridized carbons (Fsp3) is 0.600. The average molecular weight is 288 g/mol. The number of hydrogen-bond acceptors (Lipinski definition) is 4. The van der Waals surface area contributed by atoms with Crippen LogP contribution in [0.25, 0.3) is 0 Å². The van der Waals surface area contributed by atoms with E-state index in [9.17, 15) is 4.79 Å². The van der Waals surface area contributed by atoms with Gasteiger partial charge in [0.1, 0.15) is 5.82 Å². The molecule has 0 bridgehead atoms. The van der Waals surface area contributed by atoms with Crippen molar-refractivity contribution in [3.63, 3.8) is 0 Å². The molecule has 21 heavy (non-hydrogen) atoms. The molecule has 5 nitrogen and oxygen atoms in total. The molecule has 6 heteroatoms. The zero-order valence-corrected chi connectivity index (χ0v) is 13.0. The van der Waals surface area contributed by atoms with Gasteiger partial charge in [-0.15, -0.1) is 0 Å². The lowest BCUT2D eigenvalue weighted by molar-refractivity contribution is -0.117. The Morgan fingerprint density at radius 2 is 1.86 bits per heavy atom. The first-order valence-electron chi connectivity index (χ1n) is 7.43. The molecule has 0 atom stereocenters. The third kappa shape index (κ3) is 2.47. The number of carbonyl (C=O) groups is 1. The molecule has 112 valence electrons. The van der Waals surface area contributed by atoms with Crippen molar-refractivity contribution < 1.29 is 14.1 Å². The van der Waals surface area contributed by atoms with Gasteiger partial charge >= 0.3 is 7.12 Å². The highest BCUT2D eigenvalue weighted by atomic mass is 16.7. The van der Waals surface area contributed by atoms with Crippen LogP contribution in [0.4, 0.5) is 5.82 Å². The summed E-state index contributed by atoms with van der Waals surface area (Å²) in [5, 5.41) is 0. The van der Waals surface area contributed by atoms with Crippen LogP contribution in [0.5, 0.6) is 0 Å². The third-order valence-corrected chi connectivity index (χ3v) is 4.60. The zero-order chi connectivity index (χ0) is 15.3. The van der Waals surface area contributed by atoms with Crippen molar-refractivity contribution >= 4 is 24.4 Å². The monoisotopic (exact) mass is 288 g/mol. The predicted octanol–water partition coefficient (Wildman–Crippen LogP) is 1.51. The molecular formula is C15H21BN2O3. The molecule has 2 aliphatic heterocycles. The van der Waals surface area contributed by atoms with Crippen LogP contribution >= 0.6 is 0 Å². The first-order valence-corrected chi connectivity index (χ1v) is 7.43. The van der Waals surface area contributed by atoms with Gasteiger partial charge in [0.25, 0.3) is 0 Å². The van der Waals surface area contributed by atoms with Gasteiger partial charge in [-0.1, -0.05) is 6.07 Å². The van der Waals surface area contributed by atoms with Gasteiger partial charge in [-0.05, 0) is 46.2 Å². The van der Waals surface area contributed by atoms with Crippen LogP contribution in [-0.4, -0.2) is 35.8 Å². The number of pyridine rings is 1. The number of carbonyl (C=O) groups excluding carboxylic acids is 1. The Morgan fingerprint density at radius 1 is 1.19 bits per heavy atom. The zero-order valence-electron chi connectivity index (χ0n) is 13.0. The SMILES string of the molecule is CC1(C)OB(c2cccc(N3CCCC3=O)n2)OC1(C)C. The highest BCUT2D eigenvalue weighted by Gasteiger charge is 2.52. The summed E-state index contributed by atoms with van der Waals surface area (Å²) in [7, 11) is -0.493. The maximum atomic E-state index is 11.8. The Bertz CT molecular complexity index is 558. The molecule has 1 aromatic rings. The molecule has 2 saturated heterocycles. The van der Waals surface area contributed by atoms with E-state index in [-0.39, 0.29) is 5.91 Å². The quantitative estimate of drug-likeness (QED) is 0.774. The molecule has 1 amide bonds. The minimum absolute atomic E-state index is 0.133. The number of hydrogen-bond donors (Lipinski definition) is 0. The maximum absolute atomic E-state index is 11.8. The van der Waals surface area contributed by atoms with Crippen LogP contribution in [0, 0.1) is 0 Å². The summed E-state index contributed by atoms with van der Waals surface area (Å²) in [6, 6.07) is 5.64. The molecule has 2 fully saturated rings. The third-order valence-electron chi connectivity index (χ3n) is 4.60. The second-order valence-corrected chi connectivity index (χ2v) is 6.66. The van der Waals surface area contributed by atoms with Gasteiger partial charge in [0.05, 0.1) is 16.8 Å². The van der Waals surface area contributed by atoms with Gasteiger partial charge in [0.15, 0.2) is 0 Å². The van der Waals surface area contributed by atoms with Crippen molar-refractivity contribution in [1.29, 1.82) is 0 Å². The second-order valence-electron chi connectivity index (χ2n) is 6.66. The minimum Gasteiger partial charge on any atom is -0.398 e. The van der Waals surface area contributed by atoms with Crippen molar-refractivity contribution in [2.24, 2.45) is 0 Å². The molecule has 0 spiro atoms.